The monoisotopic (exact) mass is 346 g/mol. The summed E-state index contributed by atoms with van der Waals surface area (Å²) in [5.74, 6) is -2.56. The molecular weight excluding hydrogens is 315 g/mol. The van der Waals surface area contributed by atoms with Gasteiger partial charge in [0.15, 0.2) is 0 Å². The molecule has 0 fully saturated rings. The minimum absolute atomic E-state index is 0. The van der Waals surface area contributed by atoms with Crippen molar-refractivity contribution in [2.75, 3.05) is 6.61 Å². The molecule has 5 heteroatoms. The standard InChI is InChI=1S/C19H32O4.Na/c1-3-5-6-7-8-9-10-11-12-13-14-17(16-18(20)21)19(22)23-15-4-2;/h4,13-14,17H,2-3,5-12,15-16H2,1H3,(H,20,21);/q;+1/p-1. The fourth-order valence-corrected chi connectivity index (χ4v) is 2.31. The first kappa shape index (κ1) is 25.7. The molecule has 132 valence electrons. The van der Waals surface area contributed by atoms with E-state index in [0.717, 1.165) is 12.8 Å². The third kappa shape index (κ3) is 16.3. The Morgan fingerprint density at radius 3 is 2.21 bits per heavy atom. The van der Waals surface area contributed by atoms with Crippen LogP contribution in [-0.4, -0.2) is 18.5 Å². The van der Waals surface area contributed by atoms with Crippen LogP contribution in [0.5, 0.6) is 0 Å². The zero-order valence-electron chi connectivity index (χ0n) is 15.4. The number of rotatable bonds is 15. The third-order valence-electron chi connectivity index (χ3n) is 3.63. The Labute approximate surface area is 169 Å². The molecule has 0 rings (SSSR count). The van der Waals surface area contributed by atoms with E-state index in [4.69, 9.17) is 4.74 Å². The maximum absolute atomic E-state index is 11.7. The summed E-state index contributed by atoms with van der Waals surface area (Å²) in [6, 6.07) is 0. The average molecular weight is 346 g/mol. The van der Waals surface area contributed by atoms with Crippen LogP contribution in [-0.2, 0) is 14.3 Å². The van der Waals surface area contributed by atoms with E-state index >= 15 is 0 Å². The number of esters is 1. The van der Waals surface area contributed by atoms with E-state index in [1.165, 1.54) is 51.0 Å². The predicted octanol–water partition coefficient (Wildman–Crippen LogP) is 0.563. The maximum atomic E-state index is 11.7. The number of aliphatic carboxylic acids is 1. The van der Waals surface area contributed by atoms with E-state index in [9.17, 15) is 14.7 Å². The molecule has 0 aliphatic carbocycles. The smallest absolute Gasteiger partial charge is 0.550 e. The number of carboxylic acid groups (broad SMARTS) is 1. The van der Waals surface area contributed by atoms with Gasteiger partial charge in [0.05, 0.1) is 5.92 Å². The molecule has 0 aromatic carbocycles. The van der Waals surface area contributed by atoms with Crippen molar-refractivity contribution in [3.05, 3.63) is 24.8 Å². The third-order valence-corrected chi connectivity index (χ3v) is 3.63. The Bertz CT molecular complexity index is 366. The minimum atomic E-state index is -1.25. The van der Waals surface area contributed by atoms with Gasteiger partial charge >= 0.3 is 35.5 Å². The molecule has 0 saturated carbocycles. The molecule has 0 radical (unpaired) electrons. The molecule has 0 N–H and O–H groups in total. The normalized spacial score (nSPS) is 11.7. The van der Waals surface area contributed by atoms with Crippen molar-refractivity contribution in [2.45, 2.75) is 71.1 Å². The molecule has 0 aliphatic rings. The molecular formula is C19H31NaO4. The SMILES string of the molecule is C=CCOC(=O)C(C=CCCCCCCCCCC)CC(=O)[O-].[Na+]. The van der Waals surface area contributed by atoms with Gasteiger partial charge in [-0.25, -0.2) is 0 Å². The second-order valence-corrected chi connectivity index (χ2v) is 5.79. The molecule has 0 amide bonds. The topological polar surface area (TPSA) is 66.4 Å². The Kier molecular flexibility index (Phi) is 20.0. The molecule has 0 aromatic heterocycles. The summed E-state index contributed by atoms with van der Waals surface area (Å²) in [5, 5.41) is 10.7. The van der Waals surface area contributed by atoms with Crippen LogP contribution in [0.4, 0.5) is 0 Å². The van der Waals surface area contributed by atoms with E-state index in [0.29, 0.717) is 0 Å². The van der Waals surface area contributed by atoms with Gasteiger partial charge in [-0.1, -0.05) is 76.7 Å². The van der Waals surface area contributed by atoms with Gasteiger partial charge in [-0.05, 0) is 12.8 Å². The molecule has 0 bridgehead atoms. The van der Waals surface area contributed by atoms with Crippen LogP contribution in [0.2, 0.25) is 0 Å². The van der Waals surface area contributed by atoms with Gasteiger partial charge < -0.3 is 14.6 Å². The predicted molar refractivity (Wildman–Crippen MR) is 90.6 cm³/mol. The minimum Gasteiger partial charge on any atom is -0.550 e. The van der Waals surface area contributed by atoms with Gasteiger partial charge in [-0.3, -0.25) is 4.79 Å². The van der Waals surface area contributed by atoms with Crippen molar-refractivity contribution in [1.82, 2.24) is 0 Å². The summed E-state index contributed by atoms with van der Waals surface area (Å²) >= 11 is 0. The largest absolute Gasteiger partial charge is 1.00 e. The van der Waals surface area contributed by atoms with E-state index in [-0.39, 0.29) is 42.6 Å². The second-order valence-electron chi connectivity index (χ2n) is 5.79. The summed E-state index contributed by atoms with van der Waals surface area (Å²) in [7, 11) is 0. The Hall–Kier alpha value is -0.580. The molecule has 0 saturated heterocycles. The number of carbonyl (C=O) groups excluding carboxylic acids is 2. The molecule has 24 heavy (non-hydrogen) atoms. The van der Waals surface area contributed by atoms with Crippen LogP contribution < -0.4 is 34.7 Å². The average Bonchev–Trinajstić information content (AvgIpc) is 2.52. The number of carboxylic acids is 1. The molecule has 1 unspecified atom stereocenters. The number of carbonyl (C=O) groups is 2. The summed E-state index contributed by atoms with van der Waals surface area (Å²) in [4.78, 5) is 22.4. The zero-order valence-corrected chi connectivity index (χ0v) is 17.4. The fraction of sp³-hybridized carbons (Fsp3) is 0.684. The van der Waals surface area contributed by atoms with Crippen molar-refractivity contribution in [3.8, 4) is 0 Å². The van der Waals surface area contributed by atoms with Gasteiger partial charge in [0, 0.05) is 12.4 Å². The Balaban J connectivity index is 0. The van der Waals surface area contributed by atoms with E-state index < -0.39 is 17.9 Å². The van der Waals surface area contributed by atoms with Crippen molar-refractivity contribution in [2.24, 2.45) is 5.92 Å². The molecule has 0 heterocycles. The van der Waals surface area contributed by atoms with Crippen LogP contribution in [0.1, 0.15) is 71.1 Å². The van der Waals surface area contributed by atoms with Crippen LogP contribution in [0.15, 0.2) is 24.8 Å². The summed E-state index contributed by atoms with van der Waals surface area (Å²) < 4.78 is 4.90. The van der Waals surface area contributed by atoms with Crippen LogP contribution in [0, 0.1) is 5.92 Å². The van der Waals surface area contributed by atoms with Gasteiger partial charge in [0.25, 0.3) is 0 Å². The van der Waals surface area contributed by atoms with Crippen molar-refractivity contribution in [1.29, 1.82) is 0 Å². The van der Waals surface area contributed by atoms with Crippen LogP contribution in [0.25, 0.3) is 0 Å². The number of allylic oxidation sites excluding steroid dienone is 1. The molecule has 1 atom stereocenters. The Morgan fingerprint density at radius 2 is 1.67 bits per heavy atom. The van der Waals surface area contributed by atoms with Crippen molar-refractivity contribution >= 4 is 11.9 Å². The number of hydrogen-bond donors (Lipinski definition) is 0. The number of hydrogen-bond acceptors (Lipinski definition) is 4. The van der Waals surface area contributed by atoms with E-state index in [1.807, 2.05) is 6.08 Å². The maximum Gasteiger partial charge on any atom is 1.00 e. The summed E-state index contributed by atoms with van der Waals surface area (Å²) in [6.45, 7) is 5.76. The zero-order chi connectivity index (χ0) is 17.3. The van der Waals surface area contributed by atoms with Gasteiger partial charge in [-0.2, -0.15) is 0 Å². The summed E-state index contributed by atoms with van der Waals surface area (Å²) in [6.07, 6.45) is 15.5. The fourth-order valence-electron chi connectivity index (χ4n) is 2.31. The van der Waals surface area contributed by atoms with Crippen molar-refractivity contribution < 1.29 is 49.0 Å². The number of ether oxygens (including phenoxy) is 1. The van der Waals surface area contributed by atoms with Crippen molar-refractivity contribution in [3.63, 3.8) is 0 Å². The van der Waals surface area contributed by atoms with E-state index in [1.54, 1.807) is 6.08 Å². The van der Waals surface area contributed by atoms with Crippen LogP contribution in [0.3, 0.4) is 0 Å². The quantitative estimate of drug-likeness (QED) is 0.188. The second kappa shape index (κ2) is 18.8. The molecule has 0 aromatic rings. The molecule has 4 nitrogen and oxygen atoms in total. The van der Waals surface area contributed by atoms with Crippen LogP contribution >= 0.6 is 0 Å². The Morgan fingerprint density at radius 1 is 1.08 bits per heavy atom. The molecule has 0 aliphatic heterocycles. The first-order valence-electron chi connectivity index (χ1n) is 8.75. The first-order valence-corrected chi connectivity index (χ1v) is 8.75. The molecule has 0 spiro atoms. The van der Waals surface area contributed by atoms with Gasteiger partial charge in [0.2, 0.25) is 0 Å². The number of unbranched alkanes of at least 4 members (excludes halogenated alkanes) is 8. The first-order chi connectivity index (χ1) is 11.1. The van der Waals surface area contributed by atoms with E-state index in [2.05, 4.69) is 13.5 Å². The summed E-state index contributed by atoms with van der Waals surface area (Å²) in [5.41, 5.74) is 0. The van der Waals surface area contributed by atoms with Gasteiger partial charge in [0.1, 0.15) is 6.61 Å². The van der Waals surface area contributed by atoms with Gasteiger partial charge in [-0.15, -0.1) is 0 Å².